The van der Waals surface area contributed by atoms with Gasteiger partial charge in [0.25, 0.3) is 5.56 Å². The van der Waals surface area contributed by atoms with Gasteiger partial charge in [0, 0.05) is 44.9 Å². The van der Waals surface area contributed by atoms with Gasteiger partial charge >= 0.3 is 6.18 Å². The zero-order valence-corrected chi connectivity index (χ0v) is 16.0. The third kappa shape index (κ3) is 3.82. The van der Waals surface area contributed by atoms with Crippen molar-refractivity contribution in [2.45, 2.75) is 32.6 Å². The zero-order chi connectivity index (χ0) is 20.8. The number of imidazole rings is 1. The number of benzene rings is 1. The molecule has 0 atom stereocenters. The summed E-state index contributed by atoms with van der Waals surface area (Å²) in [6.07, 6.45) is -1.96. The third-order valence-electron chi connectivity index (χ3n) is 5.34. The molecule has 2 aromatic heterocycles. The topological polar surface area (TPSA) is 66.8 Å². The highest BCUT2D eigenvalue weighted by Crippen LogP contribution is 2.30. The summed E-state index contributed by atoms with van der Waals surface area (Å²) in [7, 11) is 1.96. The summed E-state index contributed by atoms with van der Waals surface area (Å²) in [5, 5.41) is 0. The number of hydrogen-bond donors (Lipinski definition) is 1. The average Bonchev–Trinajstić information content (AvgIpc) is 3.00. The fourth-order valence-electron chi connectivity index (χ4n) is 3.49. The normalized spacial score (nSPS) is 14.8. The Labute approximate surface area is 165 Å². The van der Waals surface area contributed by atoms with E-state index in [9.17, 15) is 18.0 Å². The molecule has 0 bridgehead atoms. The summed E-state index contributed by atoms with van der Waals surface area (Å²) < 4.78 is 40.3. The molecule has 1 aliphatic rings. The predicted molar refractivity (Wildman–Crippen MR) is 101 cm³/mol. The maximum absolute atomic E-state index is 12.7. The van der Waals surface area contributed by atoms with Crippen LogP contribution in [-0.4, -0.2) is 31.0 Å². The van der Waals surface area contributed by atoms with E-state index in [1.165, 1.54) is 12.1 Å². The summed E-state index contributed by atoms with van der Waals surface area (Å²) in [6, 6.07) is 4.64. The molecule has 0 spiro atoms. The van der Waals surface area contributed by atoms with Crippen molar-refractivity contribution >= 4 is 0 Å². The van der Waals surface area contributed by atoms with Gasteiger partial charge in [-0.25, -0.2) is 9.97 Å². The molecule has 0 aliphatic carbocycles. The molecule has 1 N–H and O–H groups in total. The van der Waals surface area contributed by atoms with Crippen LogP contribution in [0.2, 0.25) is 0 Å². The first-order valence-electron chi connectivity index (χ1n) is 9.21. The summed E-state index contributed by atoms with van der Waals surface area (Å²) >= 11 is 0. The highest BCUT2D eigenvalue weighted by molar-refractivity contribution is 5.56. The van der Waals surface area contributed by atoms with E-state index in [1.807, 2.05) is 24.7 Å². The van der Waals surface area contributed by atoms with E-state index in [2.05, 4.69) is 19.9 Å². The van der Waals surface area contributed by atoms with Crippen LogP contribution >= 0.6 is 0 Å². The van der Waals surface area contributed by atoms with Gasteiger partial charge in [0.2, 0.25) is 0 Å². The second-order valence-corrected chi connectivity index (χ2v) is 7.23. The molecule has 3 aromatic rings. The molecule has 3 heterocycles. The molecule has 1 aliphatic heterocycles. The number of aryl methyl sites for hydroxylation is 1. The van der Waals surface area contributed by atoms with E-state index in [1.54, 1.807) is 0 Å². The number of H-pyrrole nitrogens is 1. The zero-order valence-electron chi connectivity index (χ0n) is 16.0. The van der Waals surface area contributed by atoms with Crippen molar-refractivity contribution in [3.05, 3.63) is 69.2 Å². The molecular weight excluding hydrogens is 383 g/mol. The predicted octanol–water partition coefficient (Wildman–Crippen LogP) is 3.06. The molecule has 29 heavy (non-hydrogen) atoms. The van der Waals surface area contributed by atoms with Crippen molar-refractivity contribution in [3.8, 4) is 11.4 Å². The molecule has 0 saturated heterocycles. The third-order valence-corrected chi connectivity index (χ3v) is 5.34. The first kappa shape index (κ1) is 19.4. The van der Waals surface area contributed by atoms with Gasteiger partial charge in [-0.2, -0.15) is 13.2 Å². The fraction of sp³-hybridized carbons (Fsp3) is 0.350. The Kier molecular flexibility index (Phi) is 4.77. The number of rotatable bonds is 3. The number of aromatic nitrogens is 4. The Hall–Kier alpha value is -2.94. The largest absolute Gasteiger partial charge is 0.416 e. The first-order valence-corrected chi connectivity index (χ1v) is 9.21. The second-order valence-electron chi connectivity index (χ2n) is 7.23. The van der Waals surface area contributed by atoms with Crippen LogP contribution in [0.3, 0.4) is 0 Å². The maximum atomic E-state index is 12.7. The highest BCUT2D eigenvalue weighted by atomic mass is 19.4. The molecular formula is C20H20F3N5O. The van der Waals surface area contributed by atoms with Crippen LogP contribution in [0.15, 0.2) is 35.3 Å². The molecule has 9 heteroatoms. The number of aromatic amines is 1. The first-order chi connectivity index (χ1) is 13.7. The van der Waals surface area contributed by atoms with E-state index in [0.29, 0.717) is 36.3 Å². The van der Waals surface area contributed by atoms with E-state index in [4.69, 9.17) is 0 Å². The summed E-state index contributed by atoms with van der Waals surface area (Å²) in [6.45, 7) is 3.82. The molecule has 0 amide bonds. The van der Waals surface area contributed by atoms with Gasteiger partial charge in [-0.1, -0.05) is 12.1 Å². The lowest BCUT2D eigenvalue weighted by Gasteiger charge is -2.27. The van der Waals surface area contributed by atoms with Gasteiger partial charge in [0.1, 0.15) is 11.6 Å². The van der Waals surface area contributed by atoms with E-state index < -0.39 is 11.7 Å². The van der Waals surface area contributed by atoms with Gasteiger partial charge in [-0.3, -0.25) is 9.69 Å². The molecule has 0 fully saturated rings. The molecule has 6 nitrogen and oxygen atoms in total. The van der Waals surface area contributed by atoms with Crippen molar-refractivity contribution in [1.29, 1.82) is 0 Å². The van der Waals surface area contributed by atoms with E-state index in [-0.39, 0.29) is 11.4 Å². The quantitative estimate of drug-likeness (QED) is 0.730. The van der Waals surface area contributed by atoms with Crippen LogP contribution in [0.1, 0.15) is 28.3 Å². The number of fused-ring (bicyclic) bond motifs is 1. The number of halogens is 3. The lowest BCUT2D eigenvalue weighted by atomic mass is 10.1. The van der Waals surface area contributed by atoms with Crippen LogP contribution in [0.25, 0.3) is 11.4 Å². The molecule has 0 saturated carbocycles. The minimum atomic E-state index is -4.40. The van der Waals surface area contributed by atoms with Gasteiger partial charge in [0.05, 0.1) is 22.5 Å². The van der Waals surface area contributed by atoms with Gasteiger partial charge in [-0.05, 0) is 19.1 Å². The van der Waals surface area contributed by atoms with Crippen LogP contribution in [0.5, 0.6) is 0 Å². The summed E-state index contributed by atoms with van der Waals surface area (Å²) in [5.41, 5.74) is 1.83. The van der Waals surface area contributed by atoms with Crippen molar-refractivity contribution in [2.75, 3.05) is 6.54 Å². The summed E-state index contributed by atoms with van der Waals surface area (Å²) in [4.78, 5) is 26.3. The minimum absolute atomic E-state index is 0.254. The number of nitrogens with one attached hydrogen (secondary N) is 1. The van der Waals surface area contributed by atoms with Crippen molar-refractivity contribution in [3.63, 3.8) is 0 Å². The Morgan fingerprint density at radius 2 is 1.93 bits per heavy atom. The van der Waals surface area contributed by atoms with E-state index >= 15 is 0 Å². The number of alkyl halides is 3. The van der Waals surface area contributed by atoms with Gasteiger partial charge in [-0.15, -0.1) is 0 Å². The molecule has 152 valence electrons. The minimum Gasteiger partial charge on any atom is -0.334 e. The van der Waals surface area contributed by atoms with Crippen molar-refractivity contribution < 1.29 is 13.2 Å². The Bertz CT molecular complexity index is 1100. The van der Waals surface area contributed by atoms with Gasteiger partial charge < -0.3 is 9.55 Å². The molecule has 0 unspecified atom stereocenters. The Balaban J connectivity index is 1.57. The number of nitrogens with zero attached hydrogens (tertiary/aromatic N) is 4. The lowest BCUT2D eigenvalue weighted by molar-refractivity contribution is -0.137. The van der Waals surface area contributed by atoms with E-state index in [0.717, 1.165) is 30.2 Å². The molecule has 4 rings (SSSR count). The Morgan fingerprint density at radius 1 is 1.21 bits per heavy atom. The lowest BCUT2D eigenvalue weighted by Crippen LogP contribution is -2.35. The molecule has 1 aromatic carbocycles. The van der Waals surface area contributed by atoms with Crippen LogP contribution in [0.4, 0.5) is 13.2 Å². The molecule has 0 radical (unpaired) electrons. The Morgan fingerprint density at radius 3 is 2.55 bits per heavy atom. The van der Waals surface area contributed by atoms with Crippen LogP contribution in [-0.2, 0) is 32.7 Å². The summed E-state index contributed by atoms with van der Waals surface area (Å²) in [5.74, 6) is 1.22. The number of hydrogen-bond acceptors (Lipinski definition) is 4. The maximum Gasteiger partial charge on any atom is 0.416 e. The van der Waals surface area contributed by atoms with Crippen molar-refractivity contribution in [2.24, 2.45) is 7.05 Å². The smallest absolute Gasteiger partial charge is 0.334 e. The SMILES string of the molecule is Cc1ncc(CN2CCc3nc(-c4ccc(C(F)(F)F)cc4)[nH]c(=O)c3C2)n1C. The van der Waals surface area contributed by atoms with Crippen molar-refractivity contribution in [1.82, 2.24) is 24.4 Å². The highest BCUT2D eigenvalue weighted by Gasteiger charge is 2.30. The second kappa shape index (κ2) is 7.14. The fourth-order valence-corrected chi connectivity index (χ4v) is 3.49. The van der Waals surface area contributed by atoms with Gasteiger partial charge in [0.15, 0.2) is 0 Å². The van der Waals surface area contributed by atoms with Crippen LogP contribution in [0, 0.1) is 6.92 Å². The monoisotopic (exact) mass is 403 g/mol. The standard InChI is InChI=1S/C20H20F3N5O/c1-12-24-9-15(27(12)2)10-28-8-7-17-16(11-28)19(29)26-18(25-17)13-3-5-14(6-4-13)20(21,22)23/h3-6,9H,7-8,10-11H2,1-2H3,(H,25,26,29). The van der Waals surface area contributed by atoms with Crippen LogP contribution < -0.4 is 5.56 Å². The average molecular weight is 403 g/mol.